The van der Waals surface area contributed by atoms with Gasteiger partial charge in [0, 0.05) is 19.3 Å². The lowest BCUT2D eigenvalue weighted by atomic mass is 10.3. The molecule has 0 spiro atoms. The van der Waals surface area contributed by atoms with Crippen molar-refractivity contribution in [2.75, 3.05) is 19.5 Å². The van der Waals surface area contributed by atoms with E-state index in [2.05, 4.69) is 5.92 Å². The minimum Gasteiger partial charge on any atom is -0.335 e. The molecule has 0 N–H and O–H groups in total. The zero-order chi connectivity index (χ0) is 8.69. The Morgan fingerprint density at radius 2 is 2.36 bits per heavy atom. The number of alkyl halides is 1. The van der Waals surface area contributed by atoms with Crippen molar-refractivity contribution < 1.29 is 4.79 Å². The van der Waals surface area contributed by atoms with Gasteiger partial charge >= 0.3 is 0 Å². The van der Waals surface area contributed by atoms with Gasteiger partial charge in [-0.2, -0.15) is 0 Å². The number of rotatable bonds is 4. The van der Waals surface area contributed by atoms with E-state index in [-0.39, 0.29) is 5.91 Å². The molecule has 0 bridgehead atoms. The molecule has 0 radical (unpaired) electrons. The fraction of sp³-hybridized carbons (Fsp3) is 0.625. The number of terminal acetylenes is 1. The third-order valence-electron chi connectivity index (χ3n) is 1.28. The van der Waals surface area contributed by atoms with Gasteiger partial charge in [-0.3, -0.25) is 4.79 Å². The summed E-state index contributed by atoms with van der Waals surface area (Å²) in [6.07, 6.45) is 6.23. The lowest BCUT2D eigenvalue weighted by Crippen LogP contribution is -2.26. The highest BCUT2D eigenvalue weighted by Crippen LogP contribution is 1.96. The van der Waals surface area contributed by atoms with Gasteiger partial charge in [0.05, 0.1) is 6.54 Å². The van der Waals surface area contributed by atoms with Gasteiger partial charge in [-0.1, -0.05) is 5.92 Å². The van der Waals surface area contributed by atoms with E-state index in [1.807, 2.05) is 0 Å². The highest BCUT2D eigenvalue weighted by atomic mass is 35.5. The lowest BCUT2D eigenvalue weighted by Gasteiger charge is -2.12. The van der Waals surface area contributed by atoms with Crippen LogP contribution in [0.1, 0.15) is 12.8 Å². The molecule has 2 nitrogen and oxygen atoms in total. The molecule has 0 aliphatic rings. The van der Waals surface area contributed by atoms with Gasteiger partial charge in [-0.15, -0.1) is 18.0 Å². The maximum absolute atomic E-state index is 11.1. The number of nitrogens with zero attached hydrogens (tertiary/aromatic N) is 1. The van der Waals surface area contributed by atoms with Crippen LogP contribution in [0.2, 0.25) is 0 Å². The molecular formula is C8H12ClNO. The SMILES string of the molecule is C#CCN(C)C(=O)CCCCl. The van der Waals surface area contributed by atoms with Crippen molar-refractivity contribution in [1.29, 1.82) is 0 Å². The molecule has 0 aromatic rings. The second kappa shape index (κ2) is 6.06. The molecule has 0 unspecified atom stereocenters. The molecule has 0 aromatic heterocycles. The van der Waals surface area contributed by atoms with Crippen molar-refractivity contribution >= 4 is 17.5 Å². The van der Waals surface area contributed by atoms with Gasteiger partial charge in [-0.25, -0.2) is 0 Å². The molecule has 0 aromatic carbocycles. The molecule has 0 saturated heterocycles. The maximum atomic E-state index is 11.1. The van der Waals surface area contributed by atoms with E-state index >= 15 is 0 Å². The second-order valence-electron chi connectivity index (χ2n) is 2.25. The Kier molecular flexibility index (Phi) is 5.68. The molecule has 11 heavy (non-hydrogen) atoms. The summed E-state index contributed by atoms with van der Waals surface area (Å²) < 4.78 is 0. The van der Waals surface area contributed by atoms with Crippen molar-refractivity contribution in [3.8, 4) is 12.3 Å². The molecule has 1 amide bonds. The number of halogens is 1. The zero-order valence-corrected chi connectivity index (χ0v) is 7.40. The van der Waals surface area contributed by atoms with E-state index in [0.29, 0.717) is 18.8 Å². The van der Waals surface area contributed by atoms with Crippen LogP contribution in [0.4, 0.5) is 0 Å². The second-order valence-corrected chi connectivity index (χ2v) is 2.62. The lowest BCUT2D eigenvalue weighted by molar-refractivity contribution is -0.129. The van der Waals surface area contributed by atoms with Crippen LogP contribution in [0.15, 0.2) is 0 Å². The first kappa shape index (κ1) is 10.3. The molecule has 0 heterocycles. The number of hydrogen-bond acceptors (Lipinski definition) is 1. The quantitative estimate of drug-likeness (QED) is 0.461. The molecule has 62 valence electrons. The van der Waals surface area contributed by atoms with Gasteiger partial charge < -0.3 is 4.90 Å². The van der Waals surface area contributed by atoms with Gasteiger partial charge in [-0.05, 0) is 6.42 Å². The van der Waals surface area contributed by atoms with E-state index in [1.54, 1.807) is 7.05 Å². The molecule has 0 rings (SSSR count). The first-order valence-corrected chi connectivity index (χ1v) is 3.99. The predicted octanol–water partition coefficient (Wildman–Crippen LogP) is 1.10. The highest BCUT2D eigenvalue weighted by Gasteiger charge is 2.04. The summed E-state index contributed by atoms with van der Waals surface area (Å²) in [4.78, 5) is 12.6. The van der Waals surface area contributed by atoms with Gasteiger partial charge in [0.1, 0.15) is 0 Å². The molecule has 0 aliphatic heterocycles. The summed E-state index contributed by atoms with van der Waals surface area (Å²) >= 11 is 5.42. The number of amides is 1. The van der Waals surface area contributed by atoms with Crippen molar-refractivity contribution in [1.82, 2.24) is 4.90 Å². The maximum Gasteiger partial charge on any atom is 0.223 e. The summed E-state index contributed by atoms with van der Waals surface area (Å²) in [5.41, 5.74) is 0. The normalized spacial score (nSPS) is 8.82. The average Bonchev–Trinajstić information content (AvgIpc) is 2.00. The van der Waals surface area contributed by atoms with Crippen LogP contribution in [0.3, 0.4) is 0 Å². The molecule has 0 aliphatic carbocycles. The zero-order valence-electron chi connectivity index (χ0n) is 6.64. The Bertz CT molecular complexity index is 162. The summed E-state index contributed by atoms with van der Waals surface area (Å²) in [5.74, 6) is 2.98. The van der Waals surface area contributed by atoms with Crippen molar-refractivity contribution in [2.24, 2.45) is 0 Å². The smallest absolute Gasteiger partial charge is 0.223 e. The molecule has 0 fully saturated rings. The number of hydrogen-bond donors (Lipinski definition) is 0. The number of carbonyl (C=O) groups is 1. The topological polar surface area (TPSA) is 20.3 Å². The first-order valence-electron chi connectivity index (χ1n) is 3.45. The van der Waals surface area contributed by atoms with Crippen LogP contribution >= 0.6 is 11.6 Å². The fourth-order valence-electron chi connectivity index (χ4n) is 0.634. The Balaban J connectivity index is 3.57. The van der Waals surface area contributed by atoms with Gasteiger partial charge in [0.25, 0.3) is 0 Å². The minimum atomic E-state index is 0.0589. The standard InChI is InChI=1S/C8H12ClNO/c1-3-7-10(2)8(11)5-4-6-9/h1H,4-7H2,2H3. The van der Waals surface area contributed by atoms with Crippen molar-refractivity contribution in [3.05, 3.63) is 0 Å². The van der Waals surface area contributed by atoms with E-state index < -0.39 is 0 Å². The van der Waals surface area contributed by atoms with E-state index in [1.165, 1.54) is 4.90 Å². The summed E-state index contributed by atoms with van der Waals surface area (Å²) in [6, 6.07) is 0. The Morgan fingerprint density at radius 3 is 2.82 bits per heavy atom. The molecule has 3 heteroatoms. The summed E-state index contributed by atoms with van der Waals surface area (Å²) in [6.45, 7) is 0.376. The van der Waals surface area contributed by atoms with E-state index in [0.717, 1.165) is 6.42 Å². The summed E-state index contributed by atoms with van der Waals surface area (Å²) in [7, 11) is 1.69. The molecule has 0 atom stereocenters. The van der Waals surface area contributed by atoms with Crippen LogP contribution in [0.25, 0.3) is 0 Å². The van der Waals surface area contributed by atoms with Crippen molar-refractivity contribution in [2.45, 2.75) is 12.8 Å². The summed E-state index contributed by atoms with van der Waals surface area (Å²) in [5, 5.41) is 0. The predicted molar refractivity (Wildman–Crippen MR) is 46.4 cm³/mol. The average molecular weight is 174 g/mol. The van der Waals surface area contributed by atoms with E-state index in [4.69, 9.17) is 18.0 Å². The van der Waals surface area contributed by atoms with Crippen LogP contribution < -0.4 is 0 Å². The highest BCUT2D eigenvalue weighted by molar-refractivity contribution is 6.17. The van der Waals surface area contributed by atoms with Crippen molar-refractivity contribution in [3.63, 3.8) is 0 Å². The largest absolute Gasteiger partial charge is 0.335 e. The first-order chi connectivity index (χ1) is 5.22. The van der Waals surface area contributed by atoms with Crippen LogP contribution in [-0.4, -0.2) is 30.3 Å². The van der Waals surface area contributed by atoms with Crippen LogP contribution in [-0.2, 0) is 4.79 Å². The Hall–Kier alpha value is -0.680. The Labute approximate surface area is 72.5 Å². The number of carbonyl (C=O) groups excluding carboxylic acids is 1. The molecule has 0 saturated carbocycles. The monoisotopic (exact) mass is 173 g/mol. The van der Waals surface area contributed by atoms with Gasteiger partial charge in [0.15, 0.2) is 0 Å². The van der Waals surface area contributed by atoms with Gasteiger partial charge in [0.2, 0.25) is 5.91 Å². The Morgan fingerprint density at radius 1 is 1.73 bits per heavy atom. The van der Waals surface area contributed by atoms with E-state index in [9.17, 15) is 4.79 Å². The minimum absolute atomic E-state index is 0.0589. The third-order valence-corrected chi connectivity index (χ3v) is 1.55. The fourth-order valence-corrected chi connectivity index (χ4v) is 0.768. The third kappa shape index (κ3) is 4.69. The van der Waals surface area contributed by atoms with Crippen LogP contribution in [0.5, 0.6) is 0 Å². The molecular weight excluding hydrogens is 162 g/mol. The van der Waals surface area contributed by atoms with Crippen LogP contribution in [0, 0.1) is 12.3 Å².